The van der Waals surface area contributed by atoms with Crippen LogP contribution >= 0.6 is 0 Å². The molecule has 0 amide bonds. The zero-order valence-electron chi connectivity index (χ0n) is 61.1. The van der Waals surface area contributed by atoms with E-state index in [9.17, 15) is 15.8 Å². The molecule has 6 heteroatoms. The smallest absolute Gasteiger partial charge is 0.104 e. The Hall–Kier alpha value is -14.4. The molecule has 111 heavy (non-hydrogen) atoms. The van der Waals surface area contributed by atoms with E-state index in [-0.39, 0.29) is 28.5 Å². The highest BCUT2D eigenvalue weighted by Crippen LogP contribution is 2.52. The Balaban J connectivity index is 0.952. The van der Waals surface area contributed by atoms with Crippen molar-refractivity contribution in [2.75, 3.05) is 0 Å². The molecule has 3 aromatic heterocycles. The molecule has 0 radical (unpaired) electrons. The quantitative estimate of drug-likeness (QED) is 0.115. The summed E-state index contributed by atoms with van der Waals surface area (Å²) in [6.07, 6.45) is 29.2. The van der Waals surface area contributed by atoms with Gasteiger partial charge in [0.1, 0.15) is 34.9 Å². The molecule has 6 nitrogen and oxygen atoms in total. The Morgan fingerprint density at radius 1 is 0.243 bits per heavy atom. The van der Waals surface area contributed by atoms with Crippen LogP contribution in [0.3, 0.4) is 0 Å². The molecule has 0 N–H and O–H groups in total. The first-order chi connectivity index (χ1) is 55.0. The third-order valence-electron chi connectivity index (χ3n) is 23.4. The van der Waals surface area contributed by atoms with Crippen molar-refractivity contribution in [1.82, 2.24) is 13.7 Å². The van der Waals surface area contributed by atoms with Crippen LogP contribution in [0.15, 0.2) is 363 Å². The summed E-state index contributed by atoms with van der Waals surface area (Å²) in [5.74, 6) is 0.120. The summed E-state index contributed by atoms with van der Waals surface area (Å²) < 4.78 is 6.52. The minimum Gasteiger partial charge on any atom is -0.306 e. The van der Waals surface area contributed by atoms with E-state index in [1.807, 2.05) is 24.3 Å². The Morgan fingerprint density at radius 2 is 0.495 bits per heavy atom. The molecule has 4 aliphatic rings. The maximum atomic E-state index is 13.0. The summed E-state index contributed by atoms with van der Waals surface area (Å²) >= 11 is 0. The van der Waals surface area contributed by atoms with Crippen molar-refractivity contribution in [3.8, 4) is 79.8 Å². The Kier molecular flexibility index (Phi) is 16.5. The van der Waals surface area contributed by atoms with E-state index >= 15 is 0 Å². The lowest BCUT2D eigenvalue weighted by Crippen LogP contribution is -2.14. The fraction of sp³-hybridized carbons (Fsp3) is 0.0762. The predicted molar refractivity (Wildman–Crippen MR) is 459 cm³/mol. The second kappa shape index (κ2) is 27.8. The molecule has 0 aliphatic heterocycles. The fourth-order valence-electron chi connectivity index (χ4n) is 18.3. The Labute approximate surface area is 645 Å². The average molecular weight is 1420 g/mol. The summed E-state index contributed by atoms with van der Waals surface area (Å²) in [6, 6.07) is 112. The summed E-state index contributed by atoms with van der Waals surface area (Å²) in [4.78, 5) is 0. The maximum absolute atomic E-state index is 13.0. The molecule has 13 aromatic carbocycles. The summed E-state index contributed by atoms with van der Waals surface area (Å²) in [6.45, 7) is 0. The van der Waals surface area contributed by atoms with Crippen LogP contribution in [-0.2, 0) is 0 Å². The lowest BCUT2D eigenvalue weighted by atomic mass is 9.75. The fourth-order valence-corrected chi connectivity index (χ4v) is 18.3. The second-order valence-electron chi connectivity index (χ2n) is 29.5. The standard InChI is InChI=1S/C105H72N6/c106-65-92-103(109-95-53-47-76(68-27-9-1-10-28-68)59-86(95)87-60-77(48-54-96(87)109)69-29-11-2-12-30-69)93(66-107)105(94(67-108)104(92)110-97-55-49-78(70-31-13-3-14-32-70)61-88(97)89-62-79(50-56-98(89)110)71-33-15-4-16-34-71)111-99-57-51-80(101-82(72-35-17-5-18-36-72)43-25-44-83(101)73-37-19-6-20-38-73)63-90(99)91-64-81(52-58-100(91)111)102-84(74-39-21-7-22-40-74)45-26-46-85(102)75-41-23-8-24-42-75/h1-5,7,9-19,21-23,25-43,45,47-64,83,85H,6,8,20,24,44,46H2. The molecule has 4 aliphatic carbocycles. The molecule has 2 unspecified atom stereocenters. The van der Waals surface area contributed by atoms with Gasteiger partial charge in [0.05, 0.1) is 50.2 Å². The van der Waals surface area contributed by atoms with Gasteiger partial charge in [-0.2, -0.15) is 15.8 Å². The van der Waals surface area contributed by atoms with Crippen LogP contribution in [-0.4, -0.2) is 13.7 Å². The summed E-state index contributed by atoms with van der Waals surface area (Å²) in [7, 11) is 0. The number of aromatic nitrogens is 3. The van der Waals surface area contributed by atoms with E-state index in [4.69, 9.17) is 0 Å². The van der Waals surface area contributed by atoms with Crippen molar-refractivity contribution < 1.29 is 0 Å². The highest BCUT2D eigenvalue weighted by Gasteiger charge is 2.35. The number of hydrogen-bond acceptors (Lipinski definition) is 3. The van der Waals surface area contributed by atoms with Crippen molar-refractivity contribution in [2.45, 2.75) is 38.5 Å². The van der Waals surface area contributed by atoms with Gasteiger partial charge in [-0.3, -0.25) is 0 Å². The highest BCUT2D eigenvalue weighted by molar-refractivity contribution is 6.17. The third-order valence-corrected chi connectivity index (χ3v) is 23.4. The van der Waals surface area contributed by atoms with Crippen LogP contribution in [0.5, 0.6) is 0 Å². The van der Waals surface area contributed by atoms with Crippen LogP contribution < -0.4 is 0 Å². The predicted octanol–water partition coefficient (Wildman–Crippen LogP) is 26.8. The molecular weight excluding hydrogens is 1350 g/mol. The zero-order valence-corrected chi connectivity index (χ0v) is 61.1. The van der Waals surface area contributed by atoms with Gasteiger partial charge in [-0.25, -0.2) is 0 Å². The van der Waals surface area contributed by atoms with E-state index < -0.39 is 0 Å². The number of nitriles is 3. The van der Waals surface area contributed by atoms with Crippen molar-refractivity contribution in [2.24, 2.45) is 11.8 Å². The van der Waals surface area contributed by atoms with E-state index in [0.717, 1.165) is 171 Å². The van der Waals surface area contributed by atoms with Crippen molar-refractivity contribution in [3.63, 3.8) is 0 Å². The van der Waals surface area contributed by atoms with Crippen LogP contribution in [0.25, 0.3) is 149 Å². The molecule has 3 heterocycles. The summed E-state index contributed by atoms with van der Waals surface area (Å²) in [5.41, 5.74) is 26.7. The number of rotatable bonds is 13. The minimum absolute atomic E-state index is 0.0601. The number of benzene rings is 13. The van der Waals surface area contributed by atoms with E-state index in [1.165, 1.54) is 33.4 Å². The van der Waals surface area contributed by atoms with Crippen molar-refractivity contribution in [3.05, 3.63) is 402 Å². The normalized spacial score (nSPS) is 15.6. The van der Waals surface area contributed by atoms with Gasteiger partial charge in [0.15, 0.2) is 0 Å². The van der Waals surface area contributed by atoms with E-state index in [0.29, 0.717) is 17.1 Å². The average Bonchev–Trinajstić information content (AvgIpc) is 1.56. The third kappa shape index (κ3) is 11.2. The Morgan fingerprint density at radius 3 is 0.748 bits per heavy atom. The van der Waals surface area contributed by atoms with E-state index in [1.54, 1.807) is 0 Å². The van der Waals surface area contributed by atoms with Gasteiger partial charge < -0.3 is 13.7 Å². The number of nitrogens with zero attached hydrogens (tertiary/aromatic N) is 6. The molecule has 0 saturated heterocycles. The number of fused-ring (bicyclic) bond motifs is 9. The number of allylic oxidation sites excluding steroid dienone is 16. The van der Waals surface area contributed by atoms with Gasteiger partial charge in [0, 0.05) is 44.2 Å². The molecule has 0 saturated carbocycles. The topological polar surface area (TPSA) is 86.2 Å². The summed E-state index contributed by atoms with van der Waals surface area (Å²) in [5, 5.41) is 44.6. The van der Waals surface area contributed by atoms with Crippen molar-refractivity contribution >= 4 is 87.7 Å². The molecule has 0 spiro atoms. The van der Waals surface area contributed by atoms with Gasteiger partial charge >= 0.3 is 0 Å². The molecule has 20 rings (SSSR count). The van der Waals surface area contributed by atoms with Gasteiger partial charge in [-0.15, -0.1) is 0 Å². The lowest BCUT2D eigenvalue weighted by Gasteiger charge is -2.29. The lowest BCUT2D eigenvalue weighted by molar-refractivity contribution is 0.793. The molecule has 0 bridgehead atoms. The van der Waals surface area contributed by atoms with Crippen molar-refractivity contribution in [1.29, 1.82) is 15.8 Å². The molecule has 522 valence electrons. The highest BCUT2D eigenvalue weighted by atomic mass is 15.1. The molecular formula is C105H72N6. The van der Waals surface area contributed by atoms with Crippen LogP contribution in [0.1, 0.15) is 77.5 Å². The molecule has 0 fully saturated rings. The van der Waals surface area contributed by atoms with Gasteiger partial charge in [0.25, 0.3) is 0 Å². The first kappa shape index (κ1) is 66.1. The SMILES string of the molecule is N#Cc1c(-n2c3ccc(C4=C(c5ccccc5)C=CCC4C4=CCCC=C4)cc3c3cc(C4=C(c5ccccc5)C=CCC4C4=CCCC=C4)ccc32)c(C#N)c(-n2c3ccc(-c4ccccc4)cc3c3cc(-c4ccccc4)ccc32)c(C#N)c1-n1c2ccc(-c3ccccc3)cc2c2cc(-c3ccccc3)ccc21. The minimum atomic E-state index is 0.0601. The largest absolute Gasteiger partial charge is 0.306 e. The van der Waals surface area contributed by atoms with Crippen LogP contribution in [0.2, 0.25) is 0 Å². The van der Waals surface area contributed by atoms with Crippen LogP contribution in [0.4, 0.5) is 0 Å². The zero-order chi connectivity index (χ0) is 74.0. The number of hydrogen-bond donors (Lipinski definition) is 0. The monoisotopic (exact) mass is 1420 g/mol. The van der Waals surface area contributed by atoms with Crippen LogP contribution in [0, 0.1) is 45.8 Å². The molecule has 2 atom stereocenters. The maximum Gasteiger partial charge on any atom is 0.104 e. The second-order valence-corrected chi connectivity index (χ2v) is 29.5. The first-order valence-electron chi connectivity index (χ1n) is 38.6. The van der Waals surface area contributed by atoms with E-state index in [2.05, 4.69) is 360 Å². The van der Waals surface area contributed by atoms with Gasteiger partial charge in [0.2, 0.25) is 0 Å². The van der Waals surface area contributed by atoms with Gasteiger partial charge in [-0.05, 0) is 212 Å². The Bertz CT molecular complexity index is 6330. The van der Waals surface area contributed by atoms with Gasteiger partial charge in [-0.1, -0.05) is 279 Å². The molecule has 16 aromatic rings. The first-order valence-corrected chi connectivity index (χ1v) is 38.6.